The Balaban J connectivity index is 1.67. The lowest BCUT2D eigenvalue weighted by Gasteiger charge is -2.10. The SMILES string of the molecule is N#Cc1ccccc1COc1ccccc1/C=N/Nc1ccc([N+](=O)[O-])cn1. The summed E-state index contributed by atoms with van der Waals surface area (Å²) in [5, 5.41) is 23.9. The maximum Gasteiger partial charge on any atom is 0.287 e. The molecule has 28 heavy (non-hydrogen) atoms. The third-order valence-electron chi connectivity index (χ3n) is 3.78. The average Bonchev–Trinajstić information content (AvgIpc) is 2.73. The fourth-order valence-electron chi connectivity index (χ4n) is 2.36. The van der Waals surface area contributed by atoms with Gasteiger partial charge < -0.3 is 4.74 Å². The van der Waals surface area contributed by atoms with E-state index in [2.05, 4.69) is 21.6 Å². The van der Waals surface area contributed by atoms with Crippen molar-refractivity contribution in [2.24, 2.45) is 5.10 Å². The summed E-state index contributed by atoms with van der Waals surface area (Å²) in [6, 6.07) is 19.5. The second-order valence-corrected chi connectivity index (χ2v) is 5.62. The molecule has 0 bridgehead atoms. The molecule has 1 aromatic heterocycles. The maximum absolute atomic E-state index is 10.6. The van der Waals surface area contributed by atoms with Gasteiger partial charge in [-0.2, -0.15) is 10.4 Å². The molecule has 2 aromatic carbocycles. The first kappa shape index (κ1) is 18.5. The van der Waals surface area contributed by atoms with E-state index >= 15 is 0 Å². The standard InChI is InChI=1S/C20H15N5O3/c21-11-15-5-1-2-7-17(15)14-28-19-8-4-3-6-16(19)12-23-24-20-10-9-18(13-22-20)25(26)27/h1-10,12-13H,14H2,(H,22,24)/b23-12+. The number of hydrogen-bond donors (Lipinski definition) is 1. The van der Waals surface area contributed by atoms with Gasteiger partial charge in [0.25, 0.3) is 5.69 Å². The number of pyridine rings is 1. The fourth-order valence-corrected chi connectivity index (χ4v) is 2.36. The highest BCUT2D eigenvalue weighted by molar-refractivity contribution is 5.83. The quantitative estimate of drug-likeness (QED) is 0.382. The first-order chi connectivity index (χ1) is 13.7. The van der Waals surface area contributed by atoms with Crippen molar-refractivity contribution in [1.82, 2.24) is 4.98 Å². The molecular weight excluding hydrogens is 358 g/mol. The summed E-state index contributed by atoms with van der Waals surface area (Å²) < 4.78 is 5.85. The molecule has 138 valence electrons. The van der Waals surface area contributed by atoms with Crippen molar-refractivity contribution < 1.29 is 9.66 Å². The van der Waals surface area contributed by atoms with Crippen LogP contribution in [0.2, 0.25) is 0 Å². The molecule has 8 nitrogen and oxygen atoms in total. The topological polar surface area (TPSA) is 113 Å². The first-order valence-corrected chi connectivity index (χ1v) is 8.27. The van der Waals surface area contributed by atoms with Gasteiger partial charge in [0.2, 0.25) is 0 Å². The van der Waals surface area contributed by atoms with Crippen LogP contribution in [0.15, 0.2) is 72.0 Å². The third-order valence-corrected chi connectivity index (χ3v) is 3.78. The van der Waals surface area contributed by atoms with Crippen molar-refractivity contribution in [3.05, 3.63) is 93.7 Å². The van der Waals surface area contributed by atoms with Gasteiger partial charge in [-0.25, -0.2) is 4.98 Å². The number of nitrogens with one attached hydrogen (secondary N) is 1. The van der Waals surface area contributed by atoms with Gasteiger partial charge >= 0.3 is 0 Å². The molecule has 0 radical (unpaired) electrons. The van der Waals surface area contributed by atoms with Crippen molar-refractivity contribution in [3.63, 3.8) is 0 Å². The van der Waals surface area contributed by atoms with Crippen LogP contribution in [-0.2, 0) is 6.61 Å². The van der Waals surface area contributed by atoms with Crippen molar-refractivity contribution in [1.29, 1.82) is 5.26 Å². The van der Waals surface area contributed by atoms with Gasteiger partial charge in [0.15, 0.2) is 0 Å². The number of nitro groups is 1. The van der Waals surface area contributed by atoms with E-state index in [0.717, 1.165) is 17.3 Å². The van der Waals surface area contributed by atoms with Crippen LogP contribution in [0.3, 0.4) is 0 Å². The minimum Gasteiger partial charge on any atom is -0.488 e. The summed E-state index contributed by atoms with van der Waals surface area (Å²) in [7, 11) is 0. The Kier molecular flexibility index (Phi) is 5.90. The molecule has 0 aliphatic heterocycles. The Morgan fingerprint density at radius 2 is 1.96 bits per heavy atom. The molecule has 1 N–H and O–H groups in total. The number of ether oxygens (including phenoxy) is 1. The van der Waals surface area contributed by atoms with E-state index in [0.29, 0.717) is 17.1 Å². The molecule has 1 heterocycles. The van der Waals surface area contributed by atoms with Crippen LogP contribution in [-0.4, -0.2) is 16.1 Å². The van der Waals surface area contributed by atoms with Crippen molar-refractivity contribution in [2.75, 3.05) is 5.43 Å². The number of para-hydroxylation sites is 1. The zero-order valence-corrected chi connectivity index (χ0v) is 14.6. The predicted octanol–water partition coefficient (Wildman–Crippen LogP) is 3.89. The zero-order chi connectivity index (χ0) is 19.8. The van der Waals surface area contributed by atoms with Gasteiger partial charge in [-0.3, -0.25) is 15.5 Å². The summed E-state index contributed by atoms with van der Waals surface area (Å²) in [5.74, 6) is 0.987. The zero-order valence-electron chi connectivity index (χ0n) is 14.6. The molecule has 0 amide bonds. The van der Waals surface area contributed by atoms with Crippen molar-refractivity contribution in [3.8, 4) is 11.8 Å². The smallest absolute Gasteiger partial charge is 0.287 e. The van der Waals surface area contributed by atoms with Gasteiger partial charge in [-0.15, -0.1) is 0 Å². The highest BCUT2D eigenvalue weighted by atomic mass is 16.6. The lowest BCUT2D eigenvalue weighted by molar-refractivity contribution is -0.385. The number of nitriles is 1. The first-order valence-electron chi connectivity index (χ1n) is 8.27. The van der Waals surface area contributed by atoms with E-state index in [1.807, 2.05) is 30.3 Å². The van der Waals surface area contributed by atoms with Crippen LogP contribution in [0.4, 0.5) is 11.5 Å². The van der Waals surface area contributed by atoms with Crippen LogP contribution < -0.4 is 10.2 Å². The van der Waals surface area contributed by atoms with Gasteiger partial charge in [-0.05, 0) is 24.3 Å². The third kappa shape index (κ3) is 4.68. The Bertz CT molecular complexity index is 1040. The molecule has 0 saturated carbocycles. The van der Waals surface area contributed by atoms with E-state index < -0.39 is 4.92 Å². The second kappa shape index (κ2) is 8.91. The highest BCUT2D eigenvalue weighted by Gasteiger charge is 2.06. The molecule has 0 saturated heterocycles. The molecule has 0 unspecified atom stereocenters. The number of benzene rings is 2. The Labute approximate surface area is 160 Å². The lowest BCUT2D eigenvalue weighted by atomic mass is 10.1. The fraction of sp³-hybridized carbons (Fsp3) is 0.0500. The van der Waals surface area contributed by atoms with Crippen LogP contribution in [0.25, 0.3) is 0 Å². The van der Waals surface area contributed by atoms with E-state index in [9.17, 15) is 10.1 Å². The summed E-state index contributed by atoms with van der Waals surface area (Å²) >= 11 is 0. The number of nitrogens with zero attached hydrogens (tertiary/aromatic N) is 4. The van der Waals surface area contributed by atoms with Crippen LogP contribution in [0.1, 0.15) is 16.7 Å². The average molecular weight is 373 g/mol. The summed E-state index contributed by atoms with van der Waals surface area (Å²) in [6.45, 7) is 0.256. The second-order valence-electron chi connectivity index (χ2n) is 5.62. The van der Waals surface area contributed by atoms with Gasteiger partial charge in [0.1, 0.15) is 24.4 Å². The number of aromatic nitrogens is 1. The highest BCUT2D eigenvalue weighted by Crippen LogP contribution is 2.19. The van der Waals surface area contributed by atoms with Gasteiger partial charge in [0.05, 0.1) is 22.8 Å². The maximum atomic E-state index is 10.6. The van der Waals surface area contributed by atoms with Crippen molar-refractivity contribution >= 4 is 17.7 Å². The summed E-state index contributed by atoms with van der Waals surface area (Å²) in [6.07, 6.45) is 2.72. The number of hydrogen-bond acceptors (Lipinski definition) is 7. The monoisotopic (exact) mass is 373 g/mol. The molecule has 0 aliphatic rings. The van der Waals surface area contributed by atoms with Gasteiger partial charge in [-0.1, -0.05) is 30.3 Å². The van der Waals surface area contributed by atoms with E-state index in [1.54, 1.807) is 24.4 Å². The minimum absolute atomic E-state index is 0.0917. The van der Waals surface area contributed by atoms with Crippen molar-refractivity contribution in [2.45, 2.75) is 6.61 Å². The number of hydrazone groups is 1. The number of anilines is 1. The van der Waals surface area contributed by atoms with E-state index in [-0.39, 0.29) is 12.3 Å². The van der Waals surface area contributed by atoms with Crippen LogP contribution >= 0.6 is 0 Å². The molecule has 0 atom stereocenters. The Hall–Kier alpha value is -4.25. The molecule has 3 rings (SSSR count). The predicted molar refractivity (Wildman–Crippen MR) is 104 cm³/mol. The molecule has 3 aromatic rings. The molecule has 8 heteroatoms. The molecule has 0 aliphatic carbocycles. The number of rotatable bonds is 7. The summed E-state index contributed by atoms with van der Waals surface area (Å²) in [4.78, 5) is 14.0. The largest absolute Gasteiger partial charge is 0.488 e. The molecular formula is C20H15N5O3. The van der Waals surface area contributed by atoms with Crippen LogP contribution in [0.5, 0.6) is 5.75 Å². The van der Waals surface area contributed by atoms with E-state index in [4.69, 9.17) is 10.00 Å². The van der Waals surface area contributed by atoms with Crippen LogP contribution in [0, 0.1) is 21.4 Å². The lowest BCUT2D eigenvalue weighted by Crippen LogP contribution is -2.01. The minimum atomic E-state index is -0.516. The summed E-state index contributed by atoms with van der Waals surface area (Å²) in [5.41, 5.74) is 4.72. The Morgan fingerprint density at radius 3 is 2.71 bits per heavy atom. The van der Waals surface area contributed by atoms with Gasteiger partial charge in [0, 0.05) is 17.2 Å². The normalized spacial score (nSPS) is 10.4. The Morgan fingerprint density at radius 1 is 1.18 bits per heavy atom. The molecule has 0 spiro atoms. The van der Waals surface area contributed by atoms with E-state index in [1.165, 1.54) is 12.1 Å². The molecule has 0 fully saturated rings.